The largest absolute Gasteiger partial charge is 1.00 e. The first-order valence-corrected chi connectivity index (χ1v) is 5.11. The van der Waals surface area contributed by atoms with E-state index in [2.05, 4.69) is 11.6 Å². The molecule has 12 heavy (non-hydrogen) atoms. The molecule has 1 fully saturated rings. The first-order chi connectivity index (χ1) is 4.97. The second-order valence-corrected chi connectivity index (χ2v) is 4.33. The molecule has 0 spiro atoms. The van der Waals surface area contributed by atoms with Crippen molar-refractivity contribution in [3.63, 3.8) is 0 Å². The Bertz CT molecular complexity index is 229. The van der Waals surface area contributed by atoms with Gasteiger partial charge in [-0.15, -0.1) is 0 Å². The van der Waals surface area contributed by atoms with Crippen molar-refractivity contribution in [1.82, 2.24) is 4.72 Å². The summed E-state index contributed by atoms with van der Waals surface area (Å²) in [5.74, 6) is 0.536. The van der Waals surface area contributed by atoms with Gasteiger partial charge in [-0.2, -0.15) is 0 Å². The summed E-state index contributed by atoms with van der Waals surface area (Å²) in [5, 5.41) is 0. The maximum Gasteiger partial charge on any atom is 1.00 e. The van der Waals surface area contributed by atoms with Crippen molar-refractivity contribution < 1.29 is 42.5 Å². The molecule has 6 heteroatoms. The molecule has 66 valence electrons. The van der Waals surface area contributed by atoms with Gasteiger partial charge in [0.05, 0.1) is 0 Å². The van der Waals surface area contributed by atoms with Gasteiger partial charge in [-0.25, -0.2) is 13.1 Å². The van der Waals surface area contributed by atoms with E-state index in [1.165, 1.54) is 0 Å². The Labute approximate surface area is 95.3 Å². The van der Waals surface area contributed by atoms with Crippen LogP contribution in [-0.2, 0) is 10.3 Å². The van der Waals surface area contributed by atoms with Crippen LogP contribution in [0.4, 0.5) is 0 Å². The van der Waals surface area contributed by atoms with Gasteiger partial charge in [0.1, 0.15) is 0 Å². The summed E-state index contributed by atoms with van der Waals surface area (Å²) in [7, 11) is -4.23. The van der Waals surface area contributed by atoms with E-state index in [0.717, 1.165) is 19.3 Å². The quantitative estimate of drug-likeness (QED) is 0.388. The normalized spacial score (nSPS) is 29.8. The van der Waals surface area contributed by atoms with Gasteiger partial charge in [0.2, 0.25) is 0 Å². The van der Waals surface area contributed by atoms with Crippen molar-refractivity contribution in [2.45, 2.75) is 32.2 Å². The molecule has 0 aliphatic heterocycles. The van der Waals surface area contributed by atoms with Crippen molar-refractivity contribution in [2.75, 3.05) is 0 Å². The number of rotatable bonds is 2. The molecule has 0 aromatic rings. The van der Waals surface area contributed by atoms with Crippen LogP contribution in [0.25, 0.3) is 0 Å². The summed E-state index contributed by atoms with van der Waals surface area (Å²) in [6.07, 6.45) is 2.59. The molecular weight excluding hydrogens is 189 g/mol. The number of hydrogen-bond acceptors (Lipinski definition) is 3. The van der Waals surface area contributed by atoms with Crippen LogP contribution in [0, 0.1) is 5.92 Å². The summed E-state index contributed by atoms with van der Waals surface area (Å²) < 4.78 is 32.7. The maximum absolute atomic E-state index is 10.2. The standard InChI is InChI=1S/C6H13NO3S.Na/c1-5-2-3-6(4-5)7-11(8,9)10;/h5-7H,2-4H2,1H3,(H,8,9,10);/q;+1/p-1. The molecule has 0 saturated heterocycles. The third kappa shape index (κ3) is 4.79. The van der Waals surface area contributed by atoms with Gasteiger partial charge in [-0.3, -0.25) is 0 Å². The van der Waals surface area contributed by atoms with E-state index in [0.29, 0.717) is 5.92 Å². The zero-order chi connectivity index (χ0) is 8.48. The molecule has 1 N–H and O–H groups in total. The fourth-order valence-corrected chi connectivity index (χ4v) is 2.14. The molecule has 2 atom stereocenters. The summed E-state index contributed by atoms with van der Waals surface area (Å²) in [6.45, 7) is 2.05. The van der Waals surface area contributed by atoms with Crippen molar-refractivity contribution in [3.8, 4) is 0 Å². The monoisotopic (exact) mass is 201 g/mol. The second-order valence-electron chi connectivity index (χ2n) is 3.19. The molecule has 0 radical (unpaired) electrons. The molecular formula is C6H12NNaO3S. The van der Waals surface area contributed by atoms with E-state index in [1.807, 2.05) is 0 Å². The first kappa shape index (κ1) is 12.9. The fourth-order valence-electron chi connectivity index (χ4n) is 1.52. The van der Waals surface area contributed by atoms with Crippen LogP contribution >= 0.6 is 0 Å². The molecule has 1 aliphatic rings. The van der Waals surface area contributed by atoms with E-state index in [1.54, 1.807) is 0 Å². The van der Waals surface area contributed by atoms with Crippen LogP contribution in [0.3, 0.4) is 0 Å². The predicted molar refractivity (Wildman–Crippen MR) is 39.6 cm³/mol. The van der Waals surface area contributed by atoms with Crippen molar-refractivity contribution in [1.29, 1.82) is 0 Å². The van der Waals surface area contributed by atoms with Crippen LogP contribution in [-0.4, -0.2) is 19.0 Å². The zero-order valence-electron chi connectivity index (χ0n) is 7.41. The Morgan fingerprint density at radius 3 is 2.33 bits per heavy atom. The third-order valence-electron chi connectivity index (χ3n) is 2.01. The van der Waals surface area contributed by atoms with Crippen molar-refractivity contribution in [3.05, 3.63) is 0 Å². The van der Waals surface area contributed by atoms with Gasteiger partial charge in [0.25, 0.3) is 0 Å². The Balaban J connectivity index is 0.00000121. The zero-order valence-corrected chi connectivity index (χ0v) is 10.2. The van der Waals surface area contributed by atoms with Gasteiger partial charge in [0.15, 0.2) is 10.3 Å². The van der Waals surface area contributed by atoms with Crippen LogP contribution in [0.15, 0.2) is 0 Å². The van der Waals surface area contributed by atoms with Gasteiger partial charge in [-0.1, -0.05) is 6.92 Å². The van der Waals surface area contributed by atoms with Crippen LogP contribution in [0.1, 0.15) is 26.2 Å². The minimum absolute atomic E-state index is 0. The van der Waals surface area contributed by atoms with Gasteiger partial charge < -0.3 is 4.55 Å². The van der Waals surface area contributed by atoms with Crippen LogP contribution in [0.5, 0.6) is 0 Å². The van der Waals surface area contributed by atoms with E-state index < -0.39 is 10.3 Å². The van der Waals surface area contributed by atoms with E-state index in [-0.39, 0.29) is 35.6 Å². The average Bonchev–Trinajstić information content (AvgIpc) is 2.10. The summed E-state index contributed by atoms with van der Waals surface area (Å²) in [4.78, 5) is 0. The van der Waals surface area contributed by atoms with E-state index in [9.17, 15) is 13.0 Å². The topological polar surface area (TPSA) is 69.2 Å². The number of nitrogens with one attached hydrogen (secondary N) is 1. The molecule has 0 bridgehead atoms. The second kappa shape index (κ2) is 4.93. The van der Waals surface area contributed by atoms with E-state index >= 15 is 0 Å². The maximum atomic E-state index is 10.2. The van der Waals surface area contributed by atoms with Gasteiger partial charge in [-0.05, 0) is 25.2 Å². The summed E-state index contributed by atoms with van der Waals surface area (Å²) in [5.41, 5.74) is 0. The van der Waals surface area contributed by atoms with E-state index in [4.69, 9.17) is 0 Å². The minimum atomic E-state index is -4.23. The molecule has 1 rings (SSSR count). The number of hydrogen-bond donors (Lipinski definition) is 1. The third-order valence-corrected chi connectivity index (χ3v) is 2.63. The smallest absolute Gasteiger partial charge is 0.735 e. The van der Waals surface area contributed by atoms with Gasteiger partial charge >= 0.3 is 29.6 Å². The van der Waals surface area contributed by atoms with Crippen molar-refractivity contribution in [2.24, 2.45) is 5.92 Å². The van der Waals surface area contributed by atoms with Gasteiger partial charge in [0, 0.05) is 6.04 Å². The Hall–Kier alpha value is 0.870. The van der Waals surface area contributed by atoms with Crippen LogP contribution < -0.4 is 34.3 Å². The predicted octanol–water partition coefficient (Wildman–Crippen LogP) is -2.77. The average molecular weight is 201 g/mol. The minimum Gasteiger partial charge on any atom is -0.735 e. The molecule has 0 heterocycles. The molecule has 1 aliphatic carbocycles. The molecule has 0 aromatic heterocycles. The van der Waals surface area contributed by atoms with Crippen molar-refractivity contribution >= 4 is 10.3 Å². The fraction of sp³-hybridized carbons (Fsp3) is 1.00. The SMILES string of the molecule is CC1CCC(NS(=O)(=O)[O-])C1.[Na+]. The first-order valence-electron chi connectivity index (χ1n) is 3.70. The molecule has 4 nitrogen and oxygen atoms in total. The molecule has 2 unspecified atom stereocenters. The molecule has 0 aromatic carbocycles. The molecule has 0 amide bonds. The molecule has 1 saturated carbocycles. The Kier molecular flexibility index (Phi) is 5.29. The van der Waals surface area contributed by atoms with Crippen LogP contribution in [0.2, 0.25) is 0 Å². The Morgan fingerprint density at radius 2 is 2.00 bits per heavy atom. The summed E-state index contributed by atoms with van der Waals surface area (Å²) >= 11 is 0. The summed E-state index contributed by atoms with van der Waals surface area (Å²) in [6, 6.07) is -0.118. The Morgan fingerprint density at radius 1 is 1.42 bits per heavy atom.